The molecule has 7 heteroatoms. The monoisotopic (exact) mass is 312 g/mol. The zero-order valence-electron chi connectivity index (χ0n) is 13.1. The predicted octanol–water partition coefficient (Wildman–Crippen LogP) is 0.579. The number of aromatic nitrogens is 4. The van der Waals surface area contributed by atoms with Crippen molar-refractivity contribution in [3.05, 3.63) is 30.3 Å². The lowest BCUT2D eigenvalue weighted by atomic mass is 10.0. The number of likely N-dealkylation sites (tertiary alicyclic amines) is 1. The quantitative estimate of drug-likeness (QED) is 0.897. The van der Waals surface area contributed by atoms with Gasteiger partial charge in [-0.2, -0.15) is 4.80 Å². The minimum atomic E-state index is -0.424. The van der Waals surface area contributed by atoms with E-state index >= 15 is 0 Å². The second-order valence-corrected chi connectivity index (χ2v) is 6.40. The van der Waals surface area contributed by atoms with Gasteiger partial charge in [0.2, 0.25) is 11.7 Å². The van der Waals surface area contributed by atoms with E-state index in [9.17, 15) is 4.79 Å². The first-order valence-electron chi connectivity index (χ1n) is 8.07. The van der Waals surface area contributed by atoms with E-state index in [0.29, 0.717) is 17.7 Å². The fourth-order valence-electron chi connectivity index (χ4n) is 3.49. The summed E-state index contributed by atoms with van der Waals surface area (Å²) in [5.41, 5.74) is 0.903. The van der Waals surface area contributed by atoms with Crippen LogP contribution in [0.3, 0.4) is 0 Å². The van der Waals surface area contributed by atoms with Gasteiger partial charge in [0.25, 0.3) is 0 Å². The second-order valence-electron chi connectivity index (χ2n) is 6.40. The molecule has 7 nitrogen and oxygen atoms in total. The van der Waals surface area contributed by atoms with Crippen LogP contribution in [0.25, 0.3) is 11.4 Å². The van der Waals surface area contributed by atoms with Gasteiger partial charge < -0.3 is 10.2 Å². The Labute approximate surface area is 134 Å². The lowest BCUT2D eigenvalue weighted by Gasteiger charge is -2.20. The van der Waals surface area contributed by atoms with Crippen LogP contribution in [0.4, 0.5) is 0 Å². The van der Waals surface area contributed by atoms with Gasteiger partial charge in [0, 0.05) is 31.7 Å². The molecule has 1 aromatic heterocycles. The maximum atomic E-state index is 12.7. The molecule has 4 rings (SSSR count). The van der Waals surface area contributed by atoms with Gasteiger partial charge in [-0.1, -0.05) is 30.3 Å². The van der Waals surface area contributed by atoms with Gasteiger partial charge in [-0.15, -0.1) is 10.2 Å². The van der Waals surface area contributed by atoms with Gasteiger partial charge in [-0.05, 0) is 24.0 Å². The first-order valence-corrected chi connectivity index (χ1v) is 8.07. The maximum absolute atomic E-state index is 12.7. The van der Waals surface area contributed by atoms with E-state index in [-0.39, 0.29) is 5.91 Å². The highest BCUT2D eigenvalue weighted by atomic mass is 16.2. The molecule has 2 aromatic rings. The number of hydrogen-bond donors (Lipinski definition) is 1. The van der Waals surface area contributed by atoms with Crippen molar-refractivity contribution in [2.24, 2.45) is 11.8 Å². The molecule has 1 N–H and O–H groups in total. The average Bonchev–Trinajstić information content (AvgIpc) is 3.29. The van der Waals surface area contributed by atoms with E-state index < -0.39 is 6.04 Å². The maximum Gasteiger partial charge on any atom is 0.249 e. The van der Waals surface area contributed by atoms with Crippen LogP contribution in [-0.4, -0.2) is 57.2 Å². The SMILES string of the molecule is CC(C(=O)N1C[C@H]2CNC[C@H]2C1)n1nnc(-c2ccccc2)n1. The van der Waals surface area contributed by atoms with Crippen molar-refractivity contribution in [2.45, 2.75) is 13.0 Å². The summed E-state index contributed by atoms with van der Waals surface area (Å²) in [4.78, 5) is 16.1. The van der Waals surface area contributed by atoms with Crippen LogP contribution in [-0.2, 0) is 4.79 Å². The number of nitrogens with zero attached hydrogens (tertiary/aromatic N) is 5. The van der Waals surface area contributed by atoms with Gasteiger partial charge in [-0.3, -0.25) is 4.79 Å². The van der Waals surface area contributed by atoms with Crippen LogP contribution in [0.5, 0.6) is 0 Å². The molecule has 1 aromatic carbocycles. The van der Waals surface area contributed by atoms with Crippen molar-refractivity contribution in [3.63, 3.8) is 0 Å². The minimum Gasteiger partial charge on any atom is -0.340 e. The van der Waals surface area contributed by atoms with Crippen molar-refractivity contribution in [1.29, 1.82) is 0 Å². The van der Waals surface area contributed by atoms with E-state index in [1.807, 2.05) is 42.2 Å². The number of nitrogens with one attached hydrogen (secondary N) is 1. The molecule has 1 unspecified atom stereocenters. The van der Waals surface area contributed by atoms with Gasteiger partial charge in [0.15, 0.2) is 0 Å². The third kappa shape index (κ3) is 2.61. The molecule has 0 radical (unpaired) electrons. The second kappa shape index (κ2) is 5.73. The van der Waals surface area contributed by atoms with E-state index in [0.717, 1.165) is 31.7 Å². The molecule has 0 spiro atoms. The van der Waals surface area contributed by atoms with E-state index in [1.54, 1.807) is 0 Å². The van der Waals surface area contributed by atoms with Crippen LogP contribution < -0.4 is 5.32 Å². The molecule has 2 aliphatic rings. The van der Waals surface area contributed by atoms with Crippen molar-refractivity contribution >= 4 is 5.91 Å². The average molecular weight is 312 g/mol. The summed E-state index contributed by atoms with van der Waals surface area (Å²) in [5, 5.41) is 15.9. The Morgan fingerprint density at radius 3 is 2.61 bits per heavy atom. The van der Waals surface area contributed by atoms with E-state index in [4.69, 9.17) is 0 Å². The first-order chi connectivity index (χ1) is 11.2. The molecule has 120 valence electrons. The van der Waals surface area contributed by atoms with E-state index in [1.165, 1.54) is 4.80 Å². The molecule has 2 aliphatic heterocycles. The molecule has 0 saturated carbocycles. The Kier molecular flexibility index (Phi) is 3.57. The zero-order valence-corrected chi connectivity index (χ0v) is 13.1. The van der Waals surface area contributed by atoms with Crippen LogP contribution in [0, 0.1) is 11.8 Å². The van der Waals surface area contributed by atoms with Crippen LogP contribution in [0.15, 0.2) is 30.3 Å². The van der Waals surface area contributed by atoms with Gasteiger partial charge in [0.05, 0.1) is 0 Å². The smallest absolute Gasteiger partial charge is 0.249 e. The summed E-state index contributed by atoms with van der Waals surface area (Å²) in [5.74, 6) is 1.81. The van der Waals surface area contributed by atoms with E-state index in [2.05, 4.69) is 20.7 Å². The van der Waals surface area contributed by atoms with Gasteiger partial charge in [-0.25, -0.2) is 0 Å². The Bertz CT molecular complexity index is 688. The number of rotatable bonds is 3. The summed E-state index contributed by atoms with van der Waals surface area (Å²) in [6.45, 7) is 5.54. The predicted molar refractivity (Wildman–Crippen MR) is 84.4 cm³/mol. The molecular weight excluding hydrogens is 292 g/mol. The number of tetrazole rings is 1. The van der Waals surface area contributed by atoms with Crippen molar-refractivity contribution < 1.29 is 4.79 Å². The lowest BCUT2D eigenvalue weighted by Crippen LogP contribution is -2.37. The molecule has 2 saturated heterocycles. The standard InChI is InChI=1S/C16H20N6O/c1-11(16(23)21-9-13-7-17-8-14(13)10-21)22-19-15(18-20-22)12-5-3-2-4-6-12/h2-6,11,13-14,17H,7-10H2,1H3/t11?,13-,14+. The summed E-state index contributed by atoms with van der Waals surface area (Å²) in [6, 6.07) is 9.25. The highest BCUT2D eigenvalue weighted by Gasteiger charge is 2.39. The van der Waals surface area contributed by atoms with Gasteiger partial charge >= 0.3 is 0 Å². The van der Waals surface area contributed by atoms with Crippen molar-refractivity contribution in [3.8, 4) is 11.4 Å². The van der Waals surface area contributed by atoms with Crippen LogP contribution in [0.2, 0.25) is 0 Å². The highest BCUT2D eigenvalue weighted by Crippen LogP contribution is 2.27. The van der Waals surface area contributed by atoms with Crippen molar-refractivity contribution in [1.82, 2.24) is 30.4 Å². The first kappa shape index (κ1) is 14.3. The molecule has 2 fully saturated rings. The summed E-state index contributed by atoms with van der Waals surface area (Å²) >= 11 is 0. The molecule has 3 atom stereocenters. The Balaban J connectivity index is 1.48. The fraction of sp³-hybridized carbons (Fsp3) is 0.500. The topological polar surface area (TPSA) is 75.9 Å². The minimum absolute atomic E-state index is 0.0800. The third-order valence-corrected chi connectivity index (χ3v) is 4.87. The number of carbonyl (C=O) groups is 1. The van der Waals surface area contributed by atoms with Gasteiger partial charge in [0.1, 0.15) is 6.04 Å². The normalized spacial score (nSPS) is 24.7. The van der Waals surface area contributed by atoms with Crippen LogP contribution in [0.1, 0.15) is 13.0 Å². The Hall–Kier alpha value is -2.28. The number of carbonyl (C=O) groups excluding carboxylic acids is 1. The molecule has 23 heavy (non-hydrogen) atoms. The molecule has 0 aliphatic carbocycles. The molecule has 0 bridgehead atoms. The number of hydrogen-bond acceptors (Lipinski definition) is 5. The molecular formula is C16H20N6O. The largest absolute Gasteiger partial charge is 0.340 e. The summed E-state index contributed by atoms with van der Waals surface area (Å²) in [7, 11) is 0. The molecule has 1 amide bonds. The lowest BCUT2D eigenvalue weighted by molar-refractivity contribution is -0.134. The zero-order chi connectivity index (χ0) is 15.8. The fourth-order valence-corrected chi connectivity index (χ4v) is 3.49. The summed E-state index contributed by atoms with van der Waals surface area (Å²) in [6.07, 6.45) is 0. The number of amides is 1. The Morgan fingerprint density at radius 2 is 1.91 bits per heavy atom. The number of benzene rings is 1. The Morgan fingerprint density at radius 1 is 1.22 bits per heavy atom. The van der Waals surface area contributed by atoms with Crippen LogP contribution >= 0.6 is 0 Å². The third-order valence-electron chi connectivity index (χ3n) is 4.87. The van der Waals surface area contributed by atoms with Crippen molar-refractivity contribution in [2.75, 3.05) is 26.2 Å². The number of fused-ring (bicyclic) bond motifs is 1. The summed E-state index contributed by atoms with van der Waals surface area (Å²) < 4.78 is 0. The molecule has 3 heterocycles. The highest BCUT2D eigenvalue weighted by molar-refractivity contribution is 5.80.